The summed E-state index contributed by atoms with van der Waals surface area (Å²) < 4.78 is 15.6. The Kier molecular flexibility index (Phi) is 4.84. The summed E-state index contributed by atoms with van der Waals surface area (Å²) in [6, 6.07) is 5.04. The van der Waals surface area contributed by atoms with Gasteiger partial charge in [-0.25, -0.2) is 4.39 Å². The number of benzene rings is 1. The lowest BCUT2D eigenvalue weighted by atomic mass is 10.1. The minimum atomic E-state index is -0.245. The molecule has 0 aliphatic carbocycles. The number of nitrogens with one attached hydrogen (secondary N) is 1. The standard InChI is InChI=1S/C16H21BrFN3/c1-11-13(8-19-16(2,3)4)10-21(20-11)9-12-5-6-15(18)14(17)7-12/h5-7,10,19H,8-9H2,1-4H3. The fourth-order valence-corrected chi connectivity index (χ4v) is 2.43. The lowest BCUT2D eigenvalue weighted by Crippen LogP contribution is -2.35. The lowest BCUT2D eigenvalue weighted by Gasteiger charge is -2.20. The molecule has 0 bridgehead atoms. The normalized spacial score (nSPS) is 11.9. The minimum Gasteiger partial charge on any atom is -0.308 e. The van der Waals surface area contributed by atoms with Crippen molar-refractivity contribution in [1.29, 1.82) is 0 Å². The second-order valence-corrected chi connectivity index (χ2v) is 7.14. The topological polar surface area (TPSA) is 29.9 Å². The highest BCUT2D eigenvalue weighted by atomic mass is 79.9. The molecule has 1 N–H and O–H groups in total. The van der Waals surface area contributed by atoms with Crippen LogP contribution < -0.4 is 5.32 Å². The predicted octanol–water partition coefficient (Wildman–Crippen LogP) is 4.03. The summed E-state index contributed by atoms with van der Waals surface area (Å²) in [5.74, 6) is -0.245. The van der Waals surface area contributed by atoms with Crippen LogP contribution in [0.2, 0.25) is 0 Å². The summed E-state index contributed by atoms with van der Waals surface area (Å²) in [7, 11) is 0. The van der Waals surface area contributed by atoms with E-state index in [9.17, 15) is 4.39 Å². The molecule has 0 atom stereocenters. The van der Waals surface area contributed by atoms with Crippen LogP contribution in [-0.2, 0) is 13.1 Å². The van der Waals surface area contributed by atoms with E-state index < -0.39 is 0 Å². The first-order chi connectivity index (χ1) is 9.74. The van der Waals surface area contributed by atoms with E-state index >= 15 is 0 Å². The van der Waals surface area contributed by atoms with E-state index in [2.05, 4.69) is 47.1 Å². The van der Waals surface area contributed by atoms with Gasteiger partial charge in [0.1, 0.15) is 5.82 Å². The van der Waals surface area contributed by atoms with Gasteiger partial charge in [0.05, 0.1) is 16.7 Å². The summed E-state index contributed by atoms with van der Waals surface area (Å²) in [4.78, 5) is 0. The maximum Gasteiger partial charge on any atom is 0.137 e. The molecule has 1 heterocycles. The molecule has 1 aromatic heterocycles. The van der Waals surface area contributed by atoms with Crippen molar-refractivity contribution in [2.75, 3.05) is 0 Å². The molecule has 2 aromatic rings. The Labute approximate surface area is 133 Å². The lowest BCUT2D eigenvalue weighted by molar-refractivity contribution is 0.423. The summed E-state index contributed by atoms with van der Waals surface area (Å²) in [6.07, 6.45) is 2.05. The zero-order chi connectivity index (χ0) is 15.6. The third kappa shape index (κ3) is 4.64. The molecule has 0 radical (unpaired) electrons. The maximum absolute atomic E-state index is 13.2. The summed E-state index contributed by atoms with van der Waals surface area (Å²) in [5.41, 5.74) is 3.30. The van der Waals surface area contributed by atoms with Crippen LogP contribution in [0.5, 0.6) is 0 Å². The summed E-state index contributed by atoms with van der Waals surface area (Å²) in [6.45, 7) is 9.86. The quantitative estimate of drug-likeness (QED) is 0.899. The number of hydrogen-bond acceptors (Lipinski definition) is 2. The number of hydrogen-bond donors (Lipinski definition) is 1. The van der Waals surface area contributed by atoms with Gasteiger partial charge in [-0.3, -0.25) is 4.68 Å². The SMILES string of the molecule is Cc1nn(Cc2ccc(F)c(Br)c2)cc1CNC(C)(C)C. The van der Waals surface area contributed by atoms with Gasteiger partial charge in [0.2, 0.25) is 0 Å². The van der Waals surface area contributed by atoms with Gasteiger partial charge in [0.25, 0.3) is 0 Å². The van der Waals surface area contributed by atoms with E-state index in [0.29, 0.717) is 11.0 Å². The fraction of sp³-hybridized carbons (Fsp3) is 0.438. The molecule has 0 fully saturated rings. The molecule has 5 heteroatoms. The highest BCUT2D eigenvalue weighted by molar-refractivity contribution is 9.10. The number of aryl methyl sites for hydroxylation is 1. The van der Waals surface area contributed by atoms with Gasteiger partial charge in [-0.2, -0.15) is 5.10 Å². The van der Waals surface area contributed by atoms with Crippen molar-refractivity contribution >= 4 is 15.9 Å². The van der Waals surface area contributed by atoms with Gasteiger partial charge in [-0.05, 0) is 61.3 Å². The molecule has 0 amide bonds. The number of rotatable bonds is 4. The van der Waals surface area contributed by atoms with E-state index in [1.807, 2.05) is 17.8 Å². The van der Waals surface area contributed by atoms with E-state index in [1.165, 1.54) is 11.6 Å². The highest BCUT2D eigenvalue weighted by Gasteiger charge is 2.11. The zero-order valence-electron chi connectivity index (χ0n) is 12.9. The minimum absolute atomic E-state index is 0.0797. The van der Waals surface area contributed by atoms with Crippen molar-refractivity contribution in [3.05, 3.63) is 51.5 Å². The molecule has 0 spiro atoms. The van der Waals surface area contributed by atoms with Gasteiger partial charge in [-0.1, -0.05) is 6.07 Å². The number of aromatic nitrogens is 2. The first-order valence-electron chi connectivity index (χ1n) is 6.96. The van der Waals surface area contributed by atoms with Gasteiger partial charge < -0.3 is 5.32 Å². The van der Waals surface area contributed by atoms with Crippen LogP contribution in [0.1, 0.15) is 37.6 Å². The van der Waals surface area contributed by atoms with Crippen LogP contribution in [0.3, 0.4) is 0 Å². The van der Waals surface area contributed by atoms with Crippen molar-refractivity contribution in [1.82, 2.24) is 15.1 Å². The second-order valence-electron chi connectivity index (χ2n) is 6.29. The molecular weight excluding hydrogens is 333 g/mol. The first-order valence-corrected chi connectivity index (χ1v) is 7.76. The third-order valence-corrected chi connectivity index (χ3v) is 3.79. The van der Waals surface area contributed by atoms with Crippen LogP contribution in [0, 0.1) is 12.7 Å². The van der Waals surface area contributed by atoms with Crippen LogP contribution in [-0.4, -0.2) is 15.3 Å². The summed E-state index contributed by atoms with van der Waals surface area (Å²) in [5, 5.41) is 7.99. The van der Waals surface area contributed by atoms with Gasteiger partial charge >= 0.3 is 0 Å². The van der Waals surface area contributed by atoms with Crippen molar-refractivity contribution in [2.24, 2.45) is 0 Å². The molecule has 114 valence electrons. The zero-order valence-corrected chi connectivity index (χ0v) is 14.5. The van der Waals surface area contributed by atoms with Crippen LogP contribution >= 0.6 is 15.9 Å². The summed E-state index contributed by atoms with van der Waals surface area (Å²) >= 11 is 3.21. The Morgan fingerprint density at radius 2 is 2.05 bits per heavy atom. The van der Waals surface area contributed by atoms with E-state index in [-0.39, 0.29) is 11.4 Å². The fourth-order valence-electron chi connectivity index (χ4n) is 2.00. The van der Waals surface area contributed by atoms with Gasteiger partial charge in [0.15, 0.2) is 0 Å². The monoisotopic (exact) mass is 353 g/mol. The van der Waals surface area contributed by atoms with E-state index in [0.717, 1.165) is 17.8 Å². The third-order valence-electron chi connectivity index (χ3n) is 3.19. The average molecular weight is 354 g/mol. The molecule has 0 saturated carbocycles. The highest BCUT2D eigenvalue weighted by Crippen LogP contribution is 2.18. The molecule has 0 aliphatic heterocycles. The Hall–Kier alpha value is -1.20. The first kappa shape index (κ1) is 16.2. The Balaban J connectivity index is 2.09. The Bertz CT molecular complexity index is 629. The van der Waals surface area contributed by atoms with Crippen molar-refractivity contribution in [2.45, 2.75) is 46.3 Å². The van der Waals surface area contributed by atoms with Crippen molar-refractivity contribution in [3.8, 4) is 0 Å². The Morgan fingerprint density at radius 1 is 1.33 bits per heavy atom. The van der Waals surface area contributed by atoms with E-state index in [4.69, 9.17) is 0 Å². The average Bonchev–Trinajstić information content (AvgIpc) is 2.71. The van der Waals surface area contributed by atoms with Crippen LogP contribution in [0.4, 0.5) is 4.39 Å². The van der Waals surface area contributed by atoms with E-state index in [1.54, 1.807) is 12.1 Å². The number of halogens is 2. The molecule has 21 heavy (non-hydrogen) atoms. The van der Waals surface area contributed by atoms with Crippen molar-refractivity contribution in [3.63, 3.8) is 0 Å². The molecule has 0 aliphatic rings. The van der Waals surface area contributed by atoms with Crippen LogP contribution in [0.15, 0.2) is 28.9 Å². The van der Waals surface area contributed by atoms with Crippen LogP contribution in [0.25, 0.3) is 0 Å². The Morgan fingerprint density at radius 3 is 2.67 bits per heavy atom. The largest absolute Gasteiger partial charge is 0.308 e. The molecule has 2 rings (SSSR count). The molecule has 1 aromatic carbocycles. The predicted molar refractivity (Wildman–Crippen MR) is 86.8 cm³/mol. The van der Waals surface area contributed by atoms with Crippen molar-refractivity contribution < 1.29 is 4.39 Å². The molecule has 3 nitrogen and oxygen atoms in total. The molecule has 0 unspecified atom stereocenters. The van der Waals surface area contributed by atoms with Gasteiger partial charge in [-0.15, -0.1) is 0 Å². The second kappa shape index (κ2) is 6.28. The number of nitrogens with zero attached hydrogens (tertiary/aromatic N) is 2. The smallest absolute Gasteiger partial charge is 0.137 e. The maximum atomic E-state index is 13.2. The molecular formula is C16H21BrFN3. The van der Waals surface area contributed by atoms with Gasteiger partial charge in [0, 0.05) is 23.8 Å². The molecule has 0 saturated heterocycles.